The minimum absolute atomic E-state index is 0.219. The molecule has 1 heterocycles. The number of nitrogens with two attached hydrogens (primary N) is 1. The van der Waals surface area contributed by atoms with E-state index in [4.69, 9.17) is 5.73 Å². The molecule has 0 aliphatic carbocycles. The summed E-state index contributed by atoms with van der Waals surface area (Å²) in [4.78, 5) is 30.3. The zero-order chi connectivity index (χ0) is 13.0. The fourth-order valence-electron chi connectivity index (χ4n) is 1.33. The van der Waals surface area contributed by atoms with Crippen LogP contribution in [0.25, 0.3) is 0 Å². The quantitative estimate of drug-likeness (QED) is 0.832. The van der Waals surface area contributed by atoms with Crippen molar-refractivity contribution in [1.82, 2.24) is 9.97 Å². The second-order valence-corrected chi connectivity index (χ2v) is 3.49. The average molecular weight is 242 g/mol. The van der Waals surface area contributed by atoms with Gasteiger partial charge in [0.1, 0.15) is 5.69 Å². The van der Waals surface area contributed by atoms with E-state index in [0.29, 0.717) is 11.3 Å². The van der Waals surface area contributed by atoms with Crippen LogP contribution < -0.4 is 11.1 Å². The lowest BCUT2D eigenvalue weighted by molar-refractivity contribution is 0.0997. The molecule has 2 rings (SSSR count). The van der Waals surface area contributed by atoms with Crippen LogP contribution in [-0.4, -0.2) is 21.8 Å². The summed E-state index contributed by atoms with van der Waals surface area (Å²) in [7, 11) is 0. The van der Waals surface area contributed by atoms with E-state index < -0.39 is 5.91 Å². The first-order chi connectivity index (χ1) is 8.66. The molecule has 2 aromatic rings. The number of nitrogens with one attached hydrogen (secondary N) is 1. The Bertz CT molecular complexity index is 566. The molecule has 0 spiro atoms. The number of hydrogen-bond acceptors (Lipinski definition) is 4. The van der Waals surface area contributed by atoms with Crippen molar-refractivity contribution in [3.05, 3.63) is 54.1 Å². The smallest absolute Gasteiger partial charge is 0.275 e. The molecule has 0 aliphatic heterocycles. The van der Waals surface area contributed by atoms with Gasteiger partial charge in [-0.15, -0.1) is 0 Å². The van der Waals surface area contributed by atoms with Crippen LogP contribution >= 0.6 is 0 Å². The first-order valence-corrected chi connectivity index (χ1v) is 5.14. The van der Waals surface area contributed by atoms with Gasteiger partial charge in [-0.05, 0) is 24.3 Å². The van der Waals surface area contributed by atoms with Crippen molar-refractivity contribution in [3.63, 3.8) is 0 Å². The molecule has 3 N–H and O–H groups in total. The number of anilines is 1. The average Bonchev–Trinajstić information content (AvgIpc) is 2.40. The van der Waals surface area contributed by atoms with Gasteiger partial charge in [-0.3, -0.25) is 14.6 Å². The fourth-order valence-corrected chi connectivity index (χ4v) is 1.33. The molecule has 1 aromatic heterocycles. The van der Waals surface area contributed by atoms with Gasteiger partial charge in [0, 0.05) is 23.6 Å². The molecule has 0 fully saturated rings. The van der Waals surface area contributed by atoms with Crippen molar-refractivity contribution in [2.75, 3.05) is 5.32 Å². The maximum Gasteiger partial charge on any atom is 0.275 e. The van der Waals surface area contributed by atoms with E-state index in [0.717, 1.165) is 0 Å². The number of carbonyl (C=O) groups is 2. The minimum Gasteiger partial charge on any atom is -0.366 e. The molecular weight excluding hydrogens is 232 g/mol. The molecule has 90 valence electrons. The van der Waals surface area contributed by atoms with Gasteiger partial charge in [0.05, 0.1) is 6.20 Å². The number of carbonyl (C=O) groups excluding carboxylic acids is 2. The van der Waals surface area contributed by atoms with Gasteiger partial charge in [0.15, 0.2) is 0 Å². The summed E-state index contributed by atoms with van der Waals surface area (Å²) in [5.41, 5.74) is 6.26. The van der Waals surface area contributed by atoms with Crippen molar-refractivity contribution >= 4 is 17.5 Å². The summed E-state index contributed by atoms with van der Waals surface area (Å²) in [5, 5.41) is 2.63. The number of aromatic nitrogens is 2. The predicted octanol–water partition coefficient (Wildman–Crippen LogP) is 0.828. The molecule has 0 radical (unpaired) electrons. The fraction of sp³-hybridized carbons (Fsp3) is 0. The van der Waals surface area contributed by atoms with Crippen LogP contribution in [-0.2, 0) is 0 Å². The number of primary amides is 1. The van der Waals surface area contributed by atoms with Crippen molar-refractivity contribution in [2.45, 2.75) is 0 Å². The van der Waals surface area contributed by atoms with Crippen LogP contribution in [0, 0.1) is 0 Å². The number of rotatable bonds is 3. The molecule has 1 aromatic carbocycles. The van der Waals surface area contributed by atoms with Crippen LogP contribution in [0.5, 0.6) is 0 Å². The lowest BCUT2D eigenvalue weighted by atomic mass is 10.2. The van der Waals surface area contributed by atoms with E-state index in [-0.39, 0.29) is 11.6 Å². The Morgan fingerprint density at radius 3 is 2.39 bits per heavy atom. The van der Waals surface area contributed by atoms with Gasteiger partial charge in [0.2, 0.25) is 5.91 Å². The van der Waals surface area contributed by atoms with E-state index in [2.05, 4.69) is 15.3 Å². The van der Waals surface area contributed by atoms with Gasteiger partial charge in [-0.1, -0.05) is 0 Å². The Morgan fingerprint density at radius 2 is 1.83 bits per heavy atom. The van der Waals surface area contributed by atoms with Crippen LogP contribution in [0.4, 0.5) is 5.69 Å². The van der Waals surface area contributed by atoms with Crippen LogP contribution in [0.1, 0.15) is 20.8 Å². The molecule has 0 aliphatic rings. The zero-order valence-electron chi connectivity index (χ0n) is 9.33. The number of amides is 2. The highest BCUT2D eigenvalue weighted by Crippen LogP contribution is 2.10. The lowest BCUT2D eigenvalue weighted by Crippen LogP contribution is -2.14. The summed E-state index contributed by atoms with van der Waals surface area (Å²) >= 11 is 0. The van der Waals surface area contributed by atoms with Gasteiger partial charge < -0.3 is 11.1 Å². The Balaban J connectivity index is 2.10. The number of benzene rings is 1. The molecule has 2 amide bonds. The second kappa shape index (κ2) is 5.05. The third kappa shape index (κ3) is 2.67. The SMILES string of the molecule is NC(=O)c1ccc(NC(=O)c2cnccn2)cc1. The molecule has 0 atom stereocenters. The monoisotopic (exact) mass is 242 g/mol. The summed E-state index contributed by atoms with van der Waals surface area (Å²) in [6, 6.07) is 6.26. The van der Waals surface area contributed by atoms with E-state index >= 15 is 0 Å². The first kappa shape index (κ1) is 11.7. The highest BCUT2D eigenvalue weighted by atomic mass is 16.2. The molecule has 6 nitrogen and oxygen atoms in total. The highest BCUT2D eigenvalue weighted by Gasteiger charge is 2.07. The van der Waals surface area contributed by atoms with Crippen LogP contribution in [0.15, 0.2) is 42.9 Å². The molecule has 18 heavy (non-hydrogen) atoms. The largest absolute Gasteiger partial charge is 0.366 e. The van der Waals surface area contributed by atoms with Gasteiger partial charge >= 0.3 is 0 Å². The Labute approximate surface area is 103 Å². The summed E-state index contributed by atoms with van der Waals surface area (Å²) < 4.78 is 0. The van der Waals surface area contributed by atoms with Gasteiger partial charge in [0.25, 0.3) is 5.91 Å². The number of nitrogens with zero attached hydrogens (tertiary/aromatic N) is 2. The Morgan fingerprint density at radius 1 is 1.11 bits per heavy atom. The molecular formula is C12H10N4O2. The van der Waals surface area contributed by atoms with E-state index in [9.17, 15) is 9.59 Å². The normalized spacial score (nSPS) is 9.78. The maximum atomic E-state index is 11.7. The maximum absolute atomic E-state index is 11.7. The van der Waals surface area contributed by atoms with E-state index in [1.807, 2.05) is 0 Å². The topological polar surface area (TPSA) is 98.0 Å². The standard InChI is InChI=1S/C12H10N4O2/c13-11(17)8-1-3-9(4-2-8)16-12(18)10-7-14-5-6-15-10/h1-7H,(H2,13,17)(H,16,18). The summed E-state index contributed by atoms with van der Waals surface area (Å²) in [6.45, 7) is 0. The van der Waals surface area contributed by atoms with Crippen LogP contribution in [0.3, 0.4) is 0 Å². The predicted molar refractivity (Wildman–Crippen MR) is 64.9 cm³/mol. The van der Waals surface area contributed by atoms with Crippen molar-refractivity contribution in [3.8, 4) is 0 Å². The Hall–Kier alpha value is -2.76. The molecule has 6 heteroatoms. The van der Waals surface area contributed by atoms with Crippen molar-refractivity contribution in [2.24, 2.45) is 5.73 Å². The zero-order valence-corrected chi connectivity index (χ0v) is 9.33. The van der Waals surface area contributed by atoms with Crippen molar-refractivity contribution < 1.29 is 9.59 Å². The van der Waals surface area contributed by atoms with E-state index in [1.54, 1.807) is 12.1 Å². The van der Waals surface area contributed by atoms with Gasteiger partial charge in [-0.25, -0.2) is 4.98 Å². The third-order valence-electron chi connectivity index (χ3n) is 2.22. The van der Waals surface area contributed by atoms with Crippen LogP contribution in [0.2, 0.25) is 0 Å². The summed E-state index contributed by atoms with van der Waals surface area (Å²) in [5.74, 6) is -0.878. The molecule has 0 saturated heterocycles. The summed E-state index contributed by atoms with van der Waals surface area (Å²) in [6.07, 6.45) is 4.29. The third-order valence-corrected chi connectivity index (χ3v) is 2.22. The van der Waals surface area contributed by atoms with Crippen molar-refractivity contribution in [1.29, 1.82) is 0 Å². The second-order valence-electron chi connectivity index (χ2n) is 3.49. The highest BCUT2D eigenvalue weighted by molar-refractivity contribution is 6.03. The number of hydrogen-bond donors (Lipinski definition) is 2. The first-order valence-electron chi connectivity index (χ1n) is 5.14. The van der Waals surface area contributed by atoms with Gasteiger partial charge in [-0.2, -0.15) is 0 Å². The molecule has 0 saturated carbocycles. The lowest BCUT2D eigenvalue weighted by Gasteiger charge is -2.04. The molecule has 0 unspecified atom stereocenters. The Kier molecular flexibility index (Phi) is 3.29. The molecule has 0 bridgehead atoms. The van der Waals surface area contributed by atoms with E-state index in [1.165, 1.54) is 30.7 Å². The minimum atomic E-state index is -0.512.